The van der Waals surface area contributed by atoms with E-state index in [2.05, 4.69) is 22.6 Å². The van der Waals surface area contributed by atoms with E-state index >= 15 is 4.39 Å². The van der Waals surface area contributed by atoms with Crippen LogP contribution in [-0.2, 0) is 10.0 Å². The number of carbonyl (C=O) groups is 1. The number of anilines is 1. The summed E-state index contributed by atoms with van der Waals surface area (Å²) in [5.74, 6) is -1.42. The highest BCUT2D eigenvalue weighted by atomic mass is 127. The van der Waals surface area contributed by atoms with Gasteiger partial charge in [-0.1, -0.05) is 29.8 Å². The quantitative estimate of drug-likeness (QED) is 0.117. The number of halogens is 4. The Bertz CT molecular complexity index is 1650. The minimum Gasteiger partial charge on any atom is -0.493 e. The van der Waals surface area contributed by atoms with Gasteiger partial charge in [0.2, 0.25) is 0 Å². The summed E-state index contributed by atoms with van der Waals surface area (Å²) in [6, 6.07) is 21.2. The first kappa shape index (κ1) is 31.7. The summed E-state index contributed by atoms with van der Waals surface area (Å²) >= 11 is 8.14. The van der Waals surface area contributed by atoms with Crippen molar-refractivity contribution in [3.8, 4) is 5.75 Å². The predicted molar refractivity (Wildman–Crippen MR) is 169 cm³/mol. The molecule has 11 heteroatoms. The molecule has 0 heterocycles. The second-order valence-electron chi connectivity index (χ2n) is 9.50. The van der Waals surface area contributed by atoms with E-state index in [0.717, 1.165) is 26.1 Å². The minimum atomic E-state index is -4.38. The van der Waals surface area contributed by atoms with Crippen molar-refractivity contribution < 1.29 is 26.7 Å². The van der Waals surface area contributed by atoms with Gasteiger partial charge in [0, 0.05) is 39.4 Å². The van der Waals surface area contributed by atoms with E-state index in [4.69, 9.17) is 16.3 Å². The van der Waals surface area contributed by atoms with Gasteiger partial charge >= 0.3 is 0 Å². The lowest BCUT2D eigenvalue weighted by Gasteiger charge is -2.32. The number of carbonyl (C=O) groups excluding carboxylic acids is 1. The molecule has 4 aromatic rings. The van der Waals surface area contributed by atoms with Crippen molar-refractivity contribution in [1.29, 1.82) is 0 Å². The maximum atomic E-state index is 15.1. The molecule has 4 rings (SSSR count). The summed E-state index contributed by atoms with van der Waals surface area (Å²) < 4.78 is 65.1. The van der Waals surface area contributed by atoms with Crippen LogP contribution in [0.15, 0.2) is 95.9 Å². The molecule has 0 bridgehead atoms. The number of nitrogens with zero attached hydrogens (tertiary/aromatic N) is 2. The molecule has 0 aliphatic carbocycles. The van der Waals surface area contributed by atoms with Crippen molar-refractivity contribution in [2.24, 2.45) is 0 Å². The summed E-state index contributed by atoms with van der Waals surface area (Å²) in [6.07, 6.45) is 0.501. The molecule has 0 fully saturated rings. The number of para-hydroxylation sites is 1. The normalized spacial score (nSPS) is 12.0. The van der Waals surface area contributed by atoms with E-state index < -0.39 is 33.4 Å². The first-order chi connectivity index (χ1) is 20.0. The molecule has 0 aliphatic heterocycles. The first-order valence-corrected chi connectivity index (χ1v) is 15.9. The highest BCUT2D eigenvalue weighted by Crippen LogP contribution is 2.38. The summed E-state index contributed by atoms with van der Waals surface area (Å²) in [5.41, 5.74) is 0.592. The first-order valence-electron chi connectivity index (χ1n) is 13.0. The number of ether oxygens (including phenoxy) is 1. The standard InChI is InChI=1S/C31H28ClF2IN2O4S/c1-21(37(29-20-24(33)12-17-28(29)34)42(39,40)26-15-10-23(32)11-16-26)27-6-3-4-7-30(27)41-19-5-18-36(2)31(38)22-8-13-25(35)14-9-22/h3-4,6-17,20-21H,5,18-19H2,1-2H3. The van der Waals surface area contributed by atoms with Gasteiger partial charge in [-0.05, 0) is 103 Å². The van der Waals surface area contributed by atoms with E-state index in [1.807, 2.05) is 12.1 Å². The molecule has 1 atom stereocenters. The van der Waals surface area contributed by atoms with Gasteiger partial charge < -0.3 is 9.64 Å². The third-order valence-corrected chi connectivity index (χ3v) is 9.44. The Kier molecular flexibility index (Phi) is 10.4. The zero-order valence-electron chi connectivity index (χ0n) is 22.8. The largest absolute Gasteiger partial charge is 0.493 e. The molecule has 0 N–H and O–H groups in total. The fourth-order valence-corrected chi connectivity index (χ4v) is 6.52. The predicted octanol–water partition coefficient (Wildman–Crippen LogP) is 7.72. The van der Waals surface area contributed by atoms with Crippen molar-refractivity contribution in [3.05, 3.63) is 122 Å². The molecule has 0 radical (unpaired) electrons. The molecule has 0 aromatic heterocycles. The van der Waals surface area contributed by atoms with Crippen LogP contribution in [0, 0.1) is 15.2 Å². The Morgan fingerprint density at radius 1 is 0.976 bits per heavy atom. The van der Waals surface area contributed by atoms with Crippen LogP contribution in [0.4, 0.5) is 14.5 Å². The Labute approximate surface area is 263 Å². The van der Waals surface area contributed by atoms with Gasteiger partial charge in [-0.25, -0.2) is 17.2 Å². The van der Waals surface area contributed by atoms with Gasteiger partial charge in [0.05, 0.1) is 23.2 Å². The van der Waals surface area contributed by atoms with Crippen molar-refractivity contribution in [3.63, 3.8) is 0 Å². The third-order valence-electron chi connectivity index (χ3n) is 6.57. The van der Waals surface area contributed by atoms with Crippen molar-refractivity contribution in [1.82, 2.24) is 4.90 Å². The van der Waals surface area contributed by atoms with Gasteiger partial charge in [0.25, 0.3) is 15.9 Å². The van der Waals surface area contributed by atoms with Crippen LogP contribution >= 0.6 is 34.2 Å². The fraction of sp³-hybridized carbons (Fsp3) is 0.194. The Balaban J connectivity index is 1.57. The zero-order valence-corrected chi connectivity index (χ0v) is 26.5. The average Bonchev–Trinajstić information content (AvgIpc) is 2.97. The molecule has 0 saturated heterocycles. The number of hydrogen-bond donors (Lipinski definition) is 0. The molecule has 0 aliphatic rings. The number of sulfonamides is 1. The van der Waals surface area contributed by atoms with Gasteiger partial charge in [-0.2, -0.15) is 0 Å². The Morgan fingerprint density at radius 3 is 2.33 bits per heavy atom. The van der Waals surface area contributed by atoms with Crippen LogP contribution in [-0.4, -0.2) is 39.4 Å². The highest BCUT2D eigenvalue weighted by Gasteiger charge is 2.34. The fourth-order valence-electron chi connectivity index (χ4n) is 4.40. The van der Waals surface area contributed by atoms with Crippen LogP contribution in [0.3, 0.4) is 0 Å². The zero-order chi connectivity index (χ0) is 30.4. The lowest BCUT2D eigenvalue weighted by molar-refractivity contribution is 0.0787. The van der Waals surface area contributed by atoms with Crippen LogP contribution in [0.2, 0.25) is 5.02 Å². The summed E-state index contributed by atoms with van der Waals surface area (Å²) in [4.78, 5) is 14.2. The van der Waals surface area contributed by atoms with Gasteiger partial charge in [0.1, 0.15) is 17.4 Å². The highest BCUT2D eigenvalue weighted by molar-refractivity contribution is 14.1. The summed E-state index contributed by atoms with van der Waals surface area (Å²) in [6.45, 7) is 2.23. The third kappa shape index (κ3) is 7.40. The molecule has 220 valence electrons. The van der Waals surface area contributed by atoms with Crippen molar-refractivity contribution in [2.45, 2.75) is 24.3 Å². The molecule has 1 amide bonds. The molecule has 42 heavy (non-hydrogen) atoms. The maximum absolute atomic E-state index is 15.1. The SMILES string of the molecule is CC(c1ccccc1OCCCN(C)C(=O)c1ccc(I)cc1)N(c1cc(F)ccc1F)S(=O)(=O)c1ccc(Cl)cc1. The Morgan fingerprint density at radius 2 is 1.64 bits per heavy atom. The van der Waals surface area contributed by atoms with Gasteiger partial charge in [-0.3, -0.25) is 9.10 Å². The summed E-state index contributed by atoms with van der Waals surface area (Å²) in [5, 5.41) is 0.329. The van der Waals surface area contributed by atoms with E-state index in [1.165, 1.54) is 24.3 Å². The van der Waals surface area contributed by atoms with Crippen molar-refractivity contribution >= 4 is 55.8 Å². The smallest absolute Gasteiger partial charge is 0.264 e. The second kappa shape index (κ2) is 13.8. The number of rotatable bonds is 11. The molecule has 0 spiro atoms. The second-order valence-corrected chi connectivity index (χ2v) is 13.0. The van der Waals surface area contributed by atoms with E-state index in [1.54, 1.807) is 55.3 Å². The van der Waals surface area contributed by atoms with Crippen LogP contribution in [0.25, 0.3) is 0 Å². The van der Waals surface area contributed by atoms with Crippen molar-refractivity contribution in [2.75, 3.05) is 24.5 Å². The van der Waals surface area contributed by atoms with E-state index in [9.17, 15) is 17.6 Å². The van der Waals surface area contributed by atoms with Crippen LogP contribution in [0.5, 0.6) is 5.75 Å². The van der Waals surface area contributed by atoms with Crippen LogP contribution < -0.4 is 9.04 Å². The van der Waals surface area contributed by atoms with Gasteiger partial charge in [-0.15, -0.1) is 0 Å². The molecular formula is C31H28ClF2IN2O4S. The summed E-state index contributed by atoms with van der Waals surface area (Å²) in [7, 11) is -2.67. The number of benzene rings is 4. The molecule has 0 saturated carbocycles. The maximum Gasteiger partial charge on any atom is 0.264 e. The van der Waals surface area contributed by atoms with E-state index in [0.29, 0.717) is 34.9 Å². The monoisotopic (exact) mass is 724 g/mol. The molecule has 4 aromatic carbocycles. The average molecular weight is 725 g/mol. The lowest BCUT2D eigenvalue weighted by Crippen LogP contribution is -2.34. The van der Waals surface area contributed by atoms with Crippen LogP contribution in [0.1, 0.15) is 35.3 Å². The molecule has 1 unspecified atom stereocenters. The van der Waals surface area contributed by atoms with E-state index in [-0.39, 0.29) is 17.4 Å². The molecular weight excluding hydrogens is 697 g/mol. The number of hydrogen-bond acceptors (Lipinski definition) is 4. The Hall–Kier alpha value is -3.22. The minimum absolute atomic E-state index is 0.111. The number of amides is 1. The topological polar surface area (TPSA) is 66.9 Å². The molecule has 6 nitrogen and oxygen atoms in total. The lowest BCUT2D eigenvalue weighted by atomic mass is 10.1. The van der Waals surface area contributed by atoms with Gasteiger partial charge in [0.15, 0.2) is 0 Å².